The van der Waals surface area contributed by atoms with E-state index in [1.165, 1.54) is 19.2 Å². The van der Waals surface area contributed by atoms with Crippen LogP contribution in [0.15, 0.2) is 18.2 Å². The second kappa shape index (κ2) is 7.94. The van der Waals surface area contributed by atoms with E-state index in [2.05, 4.69) is 5.32 Å². The first-order valence-electron chi connectivity index (χ1n) is 6.38. The van der Waals surface area contributed by atoms with Crippen molar-refractivity contribution >= 4 is 27.1 Å². The number of ether oxygens (including phenoxy) is 1. The summed E-state index contributed by atoms with van der Waals surface area (Å²) in [5.41, 5.74) is 5.70. The molecule has 3 N–H and O–H groups in total. The fraction of sp³-hybridized carbons (Fsp3) is 0.462. The molecule has 0 spiro atoms. The first-order valence-corrected chi connectivity index (χ1v) is 8.20. The maximum absolute atomic E-state index is 13.0. The number of benzene rings is 1. The van der Waals surface area contributed by atoms with Crippen molar-refractivity contribution < 1.29 is 22.3 Å². The van der Waals surface area contributed by atoms with Crippen LogP contribution >= 0.6 is 0 Å². The number of rotatable bonds is 8. The van der Waals surface area contributed by atoms with Gasteiger partial charge in [-0.15, -0.1) is 0 Å². The van der Waals surface area contributed by atoms with Crippen LogP contribution in [0.3, 0.4) is 0 Å². The van der Waals surface area contributed by atoms with Crippen LogP contribution in [0.25, 0.3) is 0 Å². The number of hydrogen-bond acceptors (Lipinski definition) is 5. The molecule has 0 heterocycles. The third kappa shape index (κ3) is 6.54. The third-order valence-electron chi connectivity index (χ3n) is 2.74. The van der Waals surface area contributed by atoms with Gasteiger partial charge in [0.2, 0.25) is 5.91 Å². The molecule has 0 saturated carbocycles. The maximum atomic E-state index is 13.0. The molecule has 1 aromatic carbocycles. The van der Waals surface area contributed by atoms with Crippen molar-refractivity contribution in [1.82, 2.24) is 0 Å². The molecule has 1 amide bonds. The van der Waals surface area contributed by atoms with Gasteiger partial charge in [0.15, 0.2) is 9.84 Å². The fourth-order valence-electron chi connectivity index (χ4n) is 1.61. The highest BCUT2D eigenvalue weighted by Crippen LogP contribution is 2.16. The number of carbonyl (C=O) groups is 1. The van der Waals surface area contributed by atoms with Gasteiger partial charge in [-0.25, -0.2) is 12.8 Å². The molecular weight excluding hydrogens is 299 g/mol. The number of amides is 1. The first kappa shape index (κ1) is 17.4. The number of hydrogen-bond donors (Lipinski definition) is 2. The average molecular weight is 318 g/mol. The molecule has 0 aliphatic heterocycles. The summed E-state index contributed by atoms with van der Waals surface area (Å²) in [5, 5.41) is 2.53. The largest absolute Gasteiger partial charge is 0.396 e. The maximum Gasteiger partial charge on any atom is 0.224 e. The molecule has 0 saturated heterocycles. The highest BCUT2D eigenvalue weighted by Gasteiger charge is 2.12. The second-order valence-electron chi connectivity index (χ2n) is 4.53. The van der Waals surface area contributed by atoms with Crippen molar-refractivity contribution in [2.45, 2.75) is 12.8 Å². The molecule has 8 heteroatoms. The predicted molar refractivity (Wildman–Crippen MR) is 79.2 cm³/mol. The topological polar surface area (TPSA) is 98.5 Å². The zero-order valence-corrected chi connectivity index (χ0v) is 12.6. The third-order valence-corrected chi connectivity index (χ3v) is 4.44. The molecule has 0 atom stereocenters. The summed E-state index contributed by atoms with van der Waals surface area (Å²) >= 11 is 0. The Balaban J connectivity index is 2.39. The molecule has 0 bridgehead atoms. The summed E-state index contributed by atoms with van der Waals surface area (Å²) in [7, 11) is -1.77. The SMILES string of the molecule is COCCS(=O)(=O)CCCC(=O)Nc1ccc(F)c(N)c1. The van der Waals surface area contributed by atoms with E-state index in [1.54, 1.807) is 0 Å². The summed E-state index contributed by atoms with van der Waals surface area (Å²) in [5.74, 6) is -1.03. The van der Waals surface area contributed by atoms with Crippen LogP contribution in [0, 0.1) is 5.82 Å². The van der Waals surface area contributed by atoms with Crippen molar-refractivity contribution in [2.24, 2.45) is 0 Å². The normalized spacial score (nSPS) is 11.3. The number of methoxy groups -OCH3 is 1. The van der Waals surface area contributed by atoms with E-state index in [0.29, 0.717) is 5.69 Å². The fourth-order valence-corrected chi connectivity index (χ4v) is 2.82. The van der Waals surface area contributed by atoms with Gasteiger partial charge in [-0.1, -0.05) is 0 Å². The molecule has 1 rings (SSSR count). The van der Waals surface area contributed by atoms with Gasteiger partial charge >= 0.3 is 0 Å². The van der Waals surface area contributed by atoms with E-state index in [9.17, 15) is 17.6 Å². The minimum Gasteiger partial charge on any atom is -0.396 e. The summed E-state index contributed by atoms with van der Waals surface area (Å²) in [6.07, 6.45) is 0.276. The molecular formula is C13H19FN2O4S. The lowest BCUT2D eigenvalue weighted by Gasteiger charge is -2.07. The van der Waals surface area contributed by atoms with Crippen LogP contribution in [-0.2, 0) is 19.4 Å². The number of nitrogens with one attached hydrogen (secondary N) is 1. The van der Waals surface area contributed by atoms with Gasteiger partial charge < -0.3 is 15.8 Å². The van der Waals surface area contributed by atoms with Crippen LogP contribution in [0.4, 0.5) is 15.8 Å². The van der Waals surface area contributed by atoms with Crippen molar-refractivity contribution in [3.63, 3.8) is 0 Å². The second-order valence-corrected chi connectivity index (χ2v) is 6.84. The number of halogens is 1. The zero-order chi connectivity index (χ0) is 15.9. The van der Waals surface area contributed by atoms with Crippen LogP contribution in [0.1, 0.15) is 12.8 Å². The predicted octanol–water partition coefficient (Wildman–Crippen LogP) is 1.19. The van der Waals surface area contributed by atoms with Crippen molar-refractivity contribution in [3.05, 3.63) is 24.0 Å². The molecule has 1 aromatic rings. The number of anilines is 2. The van der Waals surface area contributed by atoms with Crippen LogP contribution < -0.4 is 11.1 Å². The van der Waals surface area contributed by atoms with Gasteiger partial charge in [-0.2, -0.15) is 0 Å². The van der Waals surface area contributed by atoms with Crippen molar-refractivity contribution in [2.75, 3.05) is 36.3 Å². The van der Waals surface area contributed by atoms with Gasteiger partial charge in [0.25, 0.3) is 0 Å². The van der Waals surface area contributed by atoms with E-state index >= 15 is 0 Å². The smallest absolute Gasteiger partial charge is 0.224 e. The lowest BCUT2D eigenvalue weighted by molar-refractivity contribution is -0.116. The number of carbonyl (C=O) groups excluding carboxylic acids is 1. The highest BCUT2D eigenvalue weighted by atomic mass is 32.2. The summed E-state index contributed by atoms with van der Waals surface area (Å²) in [4.78, 5) is 11.6. The Hall–Kier alpha value is -1.67. The minimum absolute atomic E-state index is 0.0559. The lowest BCUT2D eigenvalue weighted by Crippen LogP contribution is -2.17. The molecule has 118 valence electrons. The summed E-state index contributed by atoms with van der Waals surface area (Å²) in [6, 6.07) is 3.85. The van der Waals surface area contributed by atoms with Gasteiger partial charge in [0.1, 0.15) is 5.82 Å². The Morgan fingerprint density at radius 3 is 2.71 bits per heavy atom. The molecule has 0 radical (unpaired) electrons. The van der Waals surface area contributed by atoms with E-state index in [4.69, 9.17) is 10.5 Å². The van der Waals surface area contributed by atoms with Crippen molar-refractivity contribution in [3.8, 4) is 0 Å². The molecule has 0 fully saturated rings. The lowest BCUT2D eigenvalue weighted by atomic mass is 10.2. The van der Waals surface area contributed by atoms with E-state index < -0.39 is 15.7 Å². The Morgan fingerprint density at radius 2 is 2.10 bits per heavy atom. The van der Waals surface area contributed by atoms with Gasteiger partial charge in [0.05, 0.1) is 23.8 Å². The Labute approximate surface area is 123 Å². The van der Waals surface area contributed by atoms with Crippen LogP contribution in [0.2, 0.25) is 0 Å². The van der Waals surface area contributed by atoms with Crippen LogP contribution in [-0.4, -0.2) is 39.5 Å². The Bertz CT molecular complexity index is 590. The quantitative estimate of drug-likeness (QED) is 0.702. The van der Waals surface area contributed by atoms with Gasteiger partial charge in [0, 0.05) is 19.2 Å². The first-order chi connectivity index (χ1) is 9.84. The van der Waals surface area contributed by atoms with E-state index in [-0.39, 0.29) is 42.5 Å². The molecule has 21 heavy (non-hydrogen) atoms. The number of nitrogen functional groups attached to an aromatic ring is 1. The monoisotopic (exact) mass is 318 g/mol. The molecule has 6 nitrogen and oxygen atoms in total. The van der Waals surface area contributed by atoms with Crippen LogP contribution in [0.5, 0.6) is 0 Å². The van der Waals surface area contributed by atoms with E-state index in [0.717, 1.165) is 6.07 Å². The van der Waals surface area contributed by atoms with Crippen molar-refractivity contribution in [1.29, 1.82) is 0 Å². The number of sulfone groups is 1. The van der Waals surface area contributed by atoms with Gasteiger partial charge in [-0.3, -0.25) is 4.79 Å². The Morgan fingerprint density at radius 1 is 1.38 bits per heavy atom. The molecule has 0 aliphatic rings. The van der Waals surface area contributed by atoms with Gasteiger partial charge in [-0.05, 0) is 24.6 Å². The standard InChI is InChI=1S/C13H19FN2O4S/c1-20-6-8-21(18,19)7-2-3-13(17)16-10-4-5-11(14)12(15)9-10/h4-5,9H,2-3,6-8,15H2,1H3,(H,16,17). The molecule has 0 unspecified atom stereocenters. The van der Waals surface area contributed by atoms with E-state index in [1.807, 2.05) is 0 Å². The highest BCUT2D eigenvalue weighted by molar-refractivity contribution is 7.91. The Kier molecular flexibility index (Phi) is 6.57. The summed E-state index contributed by atoms with van der Waals surface area (Å²) in [6.45, 7) is 0.142. The number of nitrogens with two attached hydrogens (primary N) is 1. The average Bonchev–Trinajstić information content (AvgIpc) is 2.40. The summed E-state index contributed by atoms with van der Waals surface area (Å²) < 4.78 is 40.7. The minimum atomic E-state index is -3.20. The zero-order valence-electron chi connectivity index (χ0n) is 11.8. The molecule has 0 aliphatic carbocycles. The molecule has 0 aromatic heterocycles.